The van der Waals surface area contributed by atoms with Crippen molar-refractivity contribution in [1.29, 1.82) is 0 Å². The number of carbonyl (C=O) groups is 1. The minimum Gasteiger partial charge on any atom is -0.465 e. The fourth-order valence-electron chi connectivity index (χ4n) is 2.26. The number of aromatic amines is 1. The molecule has 2 N–H and O–H groups in total. The van der Waals surface area contributed by atoms with Crippen LogP contribution in [0.1, 0.15) is 10.4 Å². The van der Waals surface area contributed by atoms with Gasteiger partial charge in [0.1, 0.15) is 4.90 Å². The van der Waals surface area contributed by atoms with E-state index >= 15 is 0 Å². The number of hydrogen-bond donors (Lipinski definition) is 2. The summed E-state index contributed by atoms with van der Waals surface area (Å²) in [7, 11) is -2.80. The summed E-state index contributed by atoms with van der Waals surface area (Å²) < 4.78 is 33.2. The molecule has 1 aromatic heterocycles. The predicted octanol–water partition coefficient (Wildman–Crippen LogP) is 2.91. The third kappa shape index (κ3) is 3.00. The van der Waals surface area contributed by atoms with Gasteiger partial charge in [-0.2, -0.15) is 5.10 Å². The van der Waals surface area contributed by atoms with Gasteiger partial charge >= 0.3 is 5.97 Å². The lowest BCUT2D eigenvalue weighted by Gasteiger charge is -2.12. The molecule has 0 spiro atoms. The maximum absolute atomic E-state index is 12.8. The SMILES string of the molecule is COC(=O)c1cc(Br)ccc1S(=O)(=O)Nc1cccc2[nH]ncc12. The van der Waals surface area contributed by atoms with Gasteiger partial charge in [0.2, 0.25) is 0 Å². The molecule has 0 fully saturated rings. The van der Waals surface area contributed by atoms with Crippen LogP contribution in [0.3, 0.4) is 0 Å². The lowest BCUT2D eigenvalue weighted by molar-refractivity contribution is 0.0596. The van der Waals surface area contributed by atoms with E-state index in [0.29, 0.717) is 21.1 Å². The van der Waals surface area contributed by atoms with E-state index in [9.17, 15) is 13.2 Å². The number of halogens is 1. The van der Waals surface area contributed by atoms with Crippen LogP contribution < -0.4 is 4.72 Å². The number of carbonyl (C=O) groups excluding carboxylic acids is 1. The van der Waals surface area contributed by atoms with Gasteiger partial charge in [0.05, 0.1) is 30.1 Å². The minimum absolute atomic E-state index is 0.0567. The van der Waals surface area contributed by atoms with Crippen LogP contribution in [0.15, 0.2) is 52.0 Å². The Morgan fingerprint density at radius 1 is 1.29 bits per heavy atom. The van der Waals surface area contributed by atoms with Crippen molar-refractivity contribution in [2.75, 3.05) is 11.8 Å². The third-order valence-electron chi connectivity index (χ3n) is 3.37. The number of hydrogen-bond acceptors (Lipinski definition) is 5. The normalized spacial score (nSPS) is 11.4. The molecule has 3 aromatic rings. The standard InChI is InChI=1S/C15H12BrN3O4S/c1-23-15(20)10-7-9(16)5-6-14(10)24(21,22)19-13-4-2-3-12-11(13)8-17-18-12/h2-8,19H,1H3,(H,17,18). The first-order valence-electron chi connectivity index (χ1n) is 6.75. The fraction of sp³-hybridized carbons (Fsp3) is 0.0667. The molecule has 1 heterocycles. The Labute approximate surface area is 146 Å². The van der Waals surface area contributed by atoms with Crippen LogP contribution in [0, 0.1) is 0 Å². The van der Waals surface area contributed by atoms with Crippen molar-refractivity contribution in [2.45, 2.75) is 4.90 Å². The predicted molar refractivity (Wildman–Crippen MR) is 92.4 cm³/mol. The number of benzene rings is 2. The summed E-state index contributed by atoms with van der Waals surface area (Å²) in [6.07, 6.45) is 1.52. The van der Waals surface area contributed by atoms with Gasteiger partial charge < -0.3 is 4.74 Å². The van der Waals surface area contributed by atoms with Crippen LogP contribution >= 0.6 is 15.9 Å². The number of sulfonamides is 1. The average Bonchev–Trinajstić information content (AvgIpc) is 3.03. The first kappa shape index (κ1) is 16.5. The second kappa shape index (κ2) is 6.25. The molecule has 0 amide bonds. The van der Waals surface area contributed by atoms with Gasteiger partial charge in [-0.05, 0) is 30.3 Å². The molecule has 0 saturated carbocycles. The zero-order valence-corrected chi connectivity index (χ0v) is 14.8. The number of fused-ring (bicyclic) bond motifs is 1. The van der Waals surface area contributed by atoms with Gasteiger partial charge in [-0.3, -0.25) is 9.82 Å². The number of esters is 1. The molecule has 0 bridgehead atoms. The van der Waals surface area contributed by atoms with E-state index < -0.39 is 16.0 Å². The van der Waals surface area contributed by atoms with Crippen molar-refractivity contribution >= 4 is 48.5 Å². The van der Waals surface area contributed by atoms with Gasteiger partial charge in [-0.1, -0.05) is 22.0 Å². The van der Waals surface area contributed by atoms with E-state index in [-0.39, 0.29) is 10.5 Å². The Morgan fingerprint density at radius 3 is 2.83 bits per heavy atom. The lowest BCUT2D eigenvalue weighted by Crippen LogP contribution is -2.17. The number of anilines is 1. The van der Waals surface area contributed by atoms with Crippen molar-refractivity contribution in [3.8, 4) is 0 Å². The number of aromatic nitrogens is 2. The summed E-state index contributed by atoms with van der Waals surface area (Å²) in [5.74, 6) is -0.738. The summed E-state index contributed by atoms with van der Waals surface area (Å²) in [4.78, 5) is 11.7. The lowest BCUT2D eigenvalue weighted by atomic mass is 10.2. The van der Waals surface area contributed by atoms with Gasteiger partial charge in [-0.25, -0.2) is 13.2 Å². The summed E-state index contributed by atoms with van der Waals surface area (Å²) in [5.41, 5.74) is 0.998. The topological polar surface area (TPSA) is 101 Å². The summed E-state index contributed by atoms with van der Waals surface area (Å²) in [6, 6.07) is 9.37. The van der Waals surface area contributed by atoms with Crippen molar-refractivity contribution < 1.29 is 17.9 Å². The van der Waals surface area contributed by atoms with Crippen molar-refractivity contribution in [2.24, 2.45) is 0 Å². The Kier molecular flexibility index (Phi) is 4.29. The van der Waals surface area contributed by atoms with Crippen molar-refractivity contribution in [3.63, 3.8) is 0 Å². The van der Waals surface area contributed by atoms with E-state index in [0.717, 1.165) is 0 Å². The molecule has 124 valence electrons. The quantitative estimate of drug-likeness (QED) is 0.645. The Bertz CT molecular complexity index is 1030. The van der Waals surface area contributed by atoms with Crippen LogP contribution in [-0.4, -0.2) is 31.7 Å². The monoisotopic (exact) mass is 409 g/mol. The number of H-pyrrole nitrogens is 1. The molecule has 0 aliphatic heterocycles. The molecular formula is C15H12BrN3O4S. The Hall–Kier alpha value is -2.39. The second-order valence-electron chi connectivity index (χ2n) is 4.87. The van der Waals surface area contributed by atoms with Gasteiger partial charge in [0.15, 0.2) is 0 Å². The third-order valence-corrected chi connectivity index (χ3v) is 5.28. The molecule has 0 aliphatic carbocycles. The summed E-state index contributed by atoms with van der Waals surface area (Å²) in [6.45, 7) is 0. The van der Waals surface area contributed by atoms with Crippen LogP contribution in [0.5, 0.6) is 0 Å². The maximum Gasteiger partial charge on any atom is 0.339 e. The van der Waals surface area contributed by atoms with E-state index in [1.807, 2.05) is 0 Å². The van der Waals surface area contributed by atoms with E-state index in [1.54, 1.807) is 24.3 Å². The zero-order chi connectivity index (χ0) is 17.3. The molecule has 2 aromatic carbocycles. The molecule has 7 nitrogen and oxygen atoms in total. The largest absolute Gasteiger partial charge is 0.465 e. The van der Waals surface area contributed by atoms with Crippen LogP contribution in [-0.2, 0) is 14.8 Å². The molecule has 0 aliphatic rings. The molecule has 0 atom stereocenters. The van der Waals surface area contributed by atoms with E-state index in [1.165, 1.54) is 25.4 Å². The first-order chi connectivity index (χ1) is 11.4. The Morgan fingerprint density at radius 2 is 2.08 bits per heavy atom. The number of nitrogens with zero attached hydrogens (tertiary/aromatic N) is 1. The fourth-order valence-corrected chi connectivity index (χ4v) is 3.88. The smallest absolute Gasteiger partial charge is 0.339 e. The van der Waals surface area contributed by atoms with E-state index in [4.69, 9.17) is 0 Å². The van der Waals surface area contributed by atoms with Crippen LogP contribution in [0.25, 0.3) is 10.9 Å². The molecule has 9 heteroatoms. The summed E-state index contributed by atoms with van der Waals surface area (Å²) >= 11 is 3.22. The molecule has 0 saturated heterocycles. The highest BCUT2D eigenvalue weighted by Gasteiger charge is 2.24. The van der Waals surface area contributed by atoms with Gasteiger partial charge in [0, 0.05) is 9.86 Å². The molecular weight excluding hydrogens is 398 g/mol. The molecule has 0 radical (unpaired) electrons. The van der Waals surface area contributed by atoms with Gasteiger partial charge in [-0.15, -0.1) is 0 Å². The Balaban J connectivity index is 2.09. The highest BCUT2D eigenvalue weighted by atomic mass is 79.9. The second-order valence-corrected chi connectivity index (χ2v) is 7.44. The average molecular weight is 410 g/mol. The maximum atomic E-state index is 12.8. The zero-order valence-electron chi connectivity index (χ0n) is 12.4. The van der Waals surface area contributed by atoms with Gasteiger partial charge in [0.25, 0.3) is 10.0 Å². The van der Waals surface area contributed by atoms with Crippen LogP contribution in [0.2, 0.25) is 0 Å². The van der Waals surface area contributed by atoms with Crippen LogP contribution in [0.4, 0.5) is 5.69 Å². The first-order valence-corrected chi connectivity index (χ1v) is 9.03. The minimum atomic E-state index is -4.00. The molecule has 3 rings (SSSR count). The highest BCUT2D eigenvalue weighted by molar-refractivity contribution is 9.10. The summed E-state index contributed by atoms with van der Waals surface area (Å²) in [5, 5.41) is 7.28. The number of methoxy groups -OCH3 is 1. The van der Waals surface area contributed by atoms with E-state index in [2.05, 4.69) is 35.6 Å². The molecule has 0 unspecified atom stereocenters. The number of rotatable bonds is 4. The number of ether oxygens (including phenoxy) is 1. The molecule has 24 heavy (non-hydrogen) atoms. The number of nitrogens with one attached hydrogen (secondary N) is 2. The highest BCUT2D eigenvalue weighted by Crippen LogP contribution is 2.27. The van der Waals surface area contributed by atoms with Crippen molar-refractivity contribution in [1.82, 2.24) is 10.2 Å². The van der Waals surface area contributed by atoms with Crippen molar-refractivity contribution in [3.05, 3.63) is 52.6 Å².